The minimum Gasteiger partial charge on any atom is -0.481 e. The number of carboxylic acids is 2. The third kappa shape index (κ3) is 8.79. The molecule has 1 rings (SSSR count). The zero-order valence-electron chi connectivity index (χ0n) is 16.7. The van der Waals surface area contributed by atoms with E-state index in [1.807, 2.05) is 0 Å². The molecule has 0 spiro atoms. The maximum atomic E-state index is 12.3. The highest BCUT2D eigenvalue weighted by atomic mass is 16.4. The van der Waals surface area contributed by atoms with Gasteiger partial charge >= 0.3 is 11.9 Å². The van der Waals surface area contributed by atoms with Gasteiger partial charge < -0.3 is 42.0 Å². The first-order chi connectivity index (χ1) is 14.5. The Kier molecular flexibility index (Phi) is 10.1. The highest BCUT2D eigenvalue weighted by Gasteiger charge is 2.28. The summed E-state index contributed by atoms with van der Waals surface area (Å²) in [7, 11) is 0. The Hall–Kier alpha value is -3.52. The lowest BCUT2D eigenvalue weighted by Gasteiger charge is -2.22. The second-order valence-corrected chi connectivity index (χ2v) is 6.69. The standard InChI is InChI=1S/C17H26N6O8/c1-8(21-15(28)10(18)2-3-13(25)26)14(27)23-12(6-24)16(29)22-11(17(30)31)4-9-5-19-7-20-9/h5,7-8,10-12,24H,2-4,6,18H2,1H3,(H,19,20)(H,21,28)(H,22,29)(H,23,27)(H,25,26)(H,30,31). The number of imidazole rings is 1. The molecule has 4 unspecified atom stereocenters. The van der Waals surface area contributed by atoms with E-state index in [4.69, 9.17) is 10.8 Å². The second kappa shape index (κ2) is 12.2. The molecule has 0 bridgehead atoms. The zero-order chi connectivity index (χ0) is 23.6. The van der Waals surface area contributed by atoms with E-state index in [1.54, 1.807) is 0 Å². The van der Waals surface area contributed by atoms with Crippen LogP contribution in [-0.2, 0) is 30.4 Å². The van der Waals surface area contributed by atoms with Crippen molar-refractivity contribution in [2.45, 2.75) is 50.4 Å². The third-order valence-electron chi connectivity index (χ3n) is 4.17. The van der Waals surface area contributed by atoms with Crippen LogP contribution in [0.25, 0.3) is 0 Å². The van der Waals surface area contributed by atoms with Crippen molar-refractivity contribution in [3.63, 3.8) is 0 Å². The van der Waals surface area contributed by atoms with Crippen molar-refractivity contribution in [1.29, 1.82) is 0 Å². The maximum Gasteiger partial charge on any atom is 0.326 e. The molecule has 14 heteroatoms. The summed E-state index contributed by atoms with van der Waals surface area (Å²) in [6.07, 6.45) is 2.16. The number of hydrogen-bond acceptors (Lipinski definition) is 8. The summed E-state index contributed by atoms with van der Waals surface area (Å²) in [4.78, 5) is 64.8. The number of carbonyl (C=O) groups excluding carboxylic acids is 3. The van der Waals surface area contributed by atoms with E-state index in [1.165, 1.54) is 19.4 Å². The molecule has 0 aliphatic carbocycles. The number of nitrogens with zero attached hydrogens (tertiary/aromatic N) is 1. The Bertz CT molecular complexity index is 784. The first-order valence-electron chi connectivity index (χ1n) is 9.24. The van der Waals surface area contributed by atoms with Crippen LogP contribution < -0.4 is 21.7 Å². The van der Waals surface area contributed by atoms with Crippen molar-refractivity contribution in [2.75, 3.05) is 6.61 Å². The molecule has 0 aliphatic heterocycles. The molecule has 0 aliphatic rings. The minimum absolute atomic E-state index is 0.103. The van der Waals surface area contributed by atoms with E-state index in [-0.39, 0.29) is 19.3 Å². The van der Waals surface area contributed by atoms with Gasteiger partial charge in [-0.15, -0.1) is 0 Å². The number of amides is 3. The fourth-order valence-electron chi connectivity index (χ4n) is 2.38. The van der Waals surface area contributed by atoms with Crippen LogP contribution in [0.5, 0.6) is 0 Å². The van der Waals surface area contributed by atoms with Crippen LogP contribution in [0.2, 0.25) is 0 Å². The molecule has 0 aromatic carbocycles. The topological polar surface area (TPSA) is 237 Å². The number of nitrogens with one attached hydrogen (secondary N) is 4. The number of aliphatic hydroxyl groups is 1. The fourth-order valence-corrected chi connectivity index (χ4v) is 2.38. The molecule has 172 valence electrons. The van der Waals surface area contributed by atoms with Gasteiger partial charge in [-0.25, -0.2) is 9.78 Å². The number of H-pyrrole nitrogens is 1. The van der Waals surface area contributed by atoms with Gasteiger partial charge in [0.05, 0.1) is 19.0 Å². The molecule has 0 fully saturated rings. The lowest BCUT2D eigenvalue weighted by molar-refractivity contribution is -0.142. The lowest BCUT2D eigenvalue weighted by atomic mass is 10.1. The first-order valence-corrected chi connectivity index (χ1v) is 9.24. The van der Waals surface area contributed by atoms with E-state index < -0.39 is 60.4 Å². The summed E-state index contributed by atoms with van der Waals surface area (Å²) in [6, 6.07) is -5.13. The van der Waals surface area contributed by atoms with Crippen molar-refractivity contribution < 1.29 is 39.3 Å². The highest BCUT2D eigenvalue weighted by Crippen LogP contribution is 2.00. The first kappa shape index (κ1) is 25.5. The van der Waals surface area contributed by atoms with Crippen molar-refractivity contribution in [3.8, 4) is 0 Å². The van der Waals surface area contributed by atoms with E-state index in [0.29, 0.717) is 5.69 Å². The Morgan fingerprint density at radius 2 is 1.71 bits per heavy atom. The Labute approximate surface area is 176 Å². The Morgan fingerprint density at radius 3 is 2.23 bits per heavy atom. The molecule has 0 radical (unpaired) electrons. The molecule has 3 amide bonds. The summed E-state index contributed by atoms with van der Waals surface area (Å²) in [5.74, 6) is -5.01. The molecular weight excluding hydrogens is 416 g/mol. The lowest BCUT2D eigenvalue weighted by Crippen LogP contribution is -2.57. The monoisotopic (exact) mass is 442 g/mol. The minimum atomic E-state index is -1.48. The van der Waals surface area contributed by atoms with Crippen LogP contribution in [0.4, 0.5) is 0 Å². The number of carbonyl (C=O) groups is 5. The van der Waals surface area contributed by atoms with Crippen LogP contribution in [0.15, 0.2) is 12.5 Å². The van der Waals surface area contributed by atoms with Gasteiger partial charge in [0.2, 0.25) is 17.7 Å². The number of aromatic amines is 1. The average Bonchev–Trinajstić information content (AvgIpc) is 3.22. The average molecular weight is 442 g/mol. The molecule has 4 atom stereocenters. The van der Waals surface area contributed by atoms with Crippen LogP contribution >= 0.6 is 0 Å². The number of hydrogen-bond donors (Lipinski definition) is 8. The molecule has 31 heavy (non-hydrogen) atoms. The number of carboxylic acid groups (broad SMARTS) is 2. The molecule has 0 saturated heterocycles. The summed E-state index contributed by atoms with van der Waals surface area (Å²) in [6.45, 7) is 0.467. The van der Waals surface area contributed by atoms with Crippen LogP contribution in [0.3, 0.4) is 0 Å². The molecule has 1 aromatic rings. The van der Waals surface area contributed by atoms with Crippen LogP contribution in [-0.4, -0.2) is 85.7 Å². The van der Waals surface area contributed by atoms with E-state index in [9.17, 15) is 34.2 Å². The van der Waals surface area contributed by atoms with Gasteiger partial charge in [0.15, 0.2) is 0 Å². The van der Waals surface area contributed by atoms with Crippen molar-refractivity contribution >= 4 is 29.7 Å². The highest BCUT2D eigenvalue weighted by molar-refractivity contribution is 5.94. The van der Waals surface area contributed by atoms with Gasteiger partial charge in [-0.3, -0.25) is 19.2 Å². The zero-order valence-corrected chi connectivity index (χ0v) is 16.7. The third-order valence-corrected chi connectivity index (χ3v) is 4.17. The van der Waals surface area contributed by atoms with Crippen molar-refractivity contribution in [3.05, 3.63) is 18.2 Å². The number of aliphatic carboxylic acids is 2. The van der Waals surface area contributed by atoms with Gasteiger partial charge in [-0.05, 0) is 13.3 Å². The molecule has 9 N–H and O–H groups in total. The van der Waals surface area contributed by atoms with Gasteiger partial charge in [-0.2, -0.15) is 0 Å². The maximum absolute atomic E-state index is 12.3. The molecule has 14 nitrogen and oxygen atoms in total. The van der Waals surface area contributed by atoms with E-state index in [0.717, 1.165) is 0 Å². The quantitative estimate of drug-likeness (QED) is 0.151. The number of nitrogens with two attached hydrogens (primary N) is 1. The fraction of sp³-hybridized carbons (Fsp3) is 0.529. The van der Waals surface area contributed by atoms with Crippen LogP contribution in [0.1, 0.15) is 25.5 Å². The van der Waals surface area contributed by atoms with Gasteiger partial charge in [0, 0.05) is 24.7 Å². The summed E-state index contributed by atoms with van der Waals surface area (Å²) < 4.78 is 0. The van der Waals surface area contributed by atoms with Gasteiger partial charge in [0.25, 0.3) is 0 Å². The normalized spacial score (nSPS) is 14.5. The Morgan fingerprint density at radius 1 is 1.06 bits per heavy atom. The molecular formula is C17H26N6O8. The van der Waals surface area contributed by atoms with Gasteiger partial charge in [0.1, 0.15) is 18.1 Å². The molecule has 1 heterocycles. The van der Waals surface area contributed by atoms with Crippen LogP contribution in [0, 0.1) is 0 Å². The SMILES string of the molecule is CC(NC(=O)C(N)CCC(=O)O)C(=O)NC(CO)C(=O)NC(Cc1cnc[nH]1)C(=O)O. The van der Waals surface area contributed by atoms with Crippen molar-refractivity contribution in [1.82, 2.24) is 25.9 Å². The number of rotatable bonds is 13. The predicted octanol–water partition coefficient (Wildman–Crippen LogP) is -3.30. The van der Waals surface area contributed by atoms with E-state index in [2.05, 4.69) is 25.9 Å². The molecule has 1 aromatic heterocycles. The number of aliphatic hydroxyl groups excluding tert-OH is 1. The summed E-state index contributed by atoms with van der Waals surface area (Å²) in [5.41, 5.74) is 6.01. The van der Waals surface area contributed by atoms with E-state index >= 15 is 0 Å². The smallest absolute Gasteiger partial charge is 0.326 e. The predicted molar refractivity (Wildman–Crippen MR) is 103 cm³/mol. The largest absolute Gasteiger partial charge is 0.481 e. The second-order valence-electron chi connectivity index (χ2n) is 6.69. The Balaban J connectivity index is 2.63. The van der Waals surface area contributed by atoms with Gasteiger partial charge in [-0.1, -0.05) is 0 Å². The van der Waals surface area contributed by atoms with Crippen molar-refractivity contribution in [2.24, 2.45) is 5.73 Å². The molecule has 0 saturated carbocycles. The number of aromatic nitrogens is 2. The summed E-state index contributed by atoms with van der Waals surface area (Å²) in [5, 5.41) is 34.0. The summed E-state index contributed by atoms with van der Waals surface area (Å²) >= 11 is 0.